The molecule has 1 fully saturated rings. The molecule has 15 heavy (non-hydrogen) atoms. The van der Waals surface area contributed by atoms with Gasteiger partial charge in [-0.2, -0.15) is 0 Å². The second kappa shape index (κ2) is 6.96. The largest absolute Gasteiger partial charge is 0.371 e. The van der Waals surface area contributed by atoms with Crippen LogP contribution in [-0.2, 0) is 9.53 Å². The monoisotopic (exact) mass is 213 g/mol. The van der Waals surface area contributed by atoms with E-state index in [1.54, 1.807) is 0 Å². The van der Waals surface area contributed by atoms with Crippen molar-refractivity contribution in [3.63, 3.8) is 0 Å². The number of carbonyl (C=O) groups is 1. The highest BCUT2D eigenvalue weighted by Crippen LogP contribution is 2.17. The van der Waals surface area contributed by atoms with Gasteiger partial charge in [0.15, 0.2) is 5.78 Å². The van der Waals surface area contributed by atoms with Crippen molar-refractivity contribution >= 4 is 5.78 Å². The number of nitrogens with one attached hydrogen (secondary N) is 1. The van der Waals surface area contributed by atoms with E-state index in [1.807, 2.05) is 13.8 Å². The van der Waals surface area contributed by atoms with Gasteiger partial charge in [0.05, 0.1) is 6.10 Å². The summed E-state index contributed by atoms with van der Waals surface area (Å²) in [4.78, 5) is 11.4. The fourth-order valence-corrected chi connectivity index (χ4v) is 1.87. The summed E-state index contributed by atoms with van der Waals surface area (Å²) in [6.45, 7) is 6.44. The fraction of sp³-hybridized carbons (Fsp3) is 0.917. The van der Waals surface area contributed by atoms with Gasteiger partial charge in [0.25, 0.3) is 0 Å². The molecule has 0 aromatic rings. The first-order valence-electron chi connectivity index (χ1n) is 6.02. The maximum atomic E-state index is 11.4. The summed E-state index contributed by atoms with van der Waals surface area (Å²) < 4.78 is 5.28. The van der Waals surface area contributed by atoms with Gasteiger partial charge in [0.1, 0.15) is 6.61 Å². The van der Waals surface area contributed by atoms with E-state index >= 15 is 0 Å². The van der Waals surface area contributed by atoms with Crippen LogP contribution in [0.2, 0.25) is 0 Å². The van der Waals surface area contributed by atoms with E-state index in [0.717, 1.165) is 25.4 Å². The van der Waals surface area contributed by atoms with E-state index in [0.29, 0.717) is 13.0 Å². The molecule has 1 heterocycles. The standard InChI is InChI=1S/C12H23NO2/c1-10(2)15-9-12(14)4-3-11-5-7-13-8-6-11/h10-11,13H,3-9H2,1-2H3. The molecule has 0 aliphatic carbocycles. The Labute approximate surface area is 92.6 Å². The lowest BCUT2D eigenvalue weighted by atomic mass is 9.92. The maximum absolute atomic E-state index is 11.4. The molecular weight excluding hydrogens is 190 g/mol. The zero-order valence-corrected chi connectivity index (χ0v) is 9.92. The summed E-state index contributed by atoms with van der Waals surface area (Å²) in [5.74, 6) is 0.997. The normalized spacial score (nSPS) is 18.3. The molecule has 0 bridgehead atoms. The molecule has 0 unspecified atom stereocenters. The number of rotatable bonds is 6. The van der Waals surface area contributed by atoms with Crippen LogP contribution >= 0.6 is 0 Å². The minimum Gasteiger partial charge on any atom is -0.371 e. The molecule has 1 rings (SSSR count). The topological polar surface area (TPSA) is 38.3 Å². The lowest BCUT2D eigenvalue weighted by Gasteiger charge is -2.22. The lowest BCUT2D eigenvalue weighted by molar-refractivity contribution is -0.125. The van der Waals surface area contributed by atoms with E-state index in [-0.39, 0.29) is 11.9 Å². The zero-order chi connectivity index (χ0) is 11.1. The van der Waals surface area contributed by atoms with Crippen LogP contribution in [0.15, 0.2) is 0 Å². The molecule has 0 spiro atoms. The fourth-order valence-electron chi connectivity index (χ4n) is 1.87. The Balaban J connectivity index is 2.05. The third kappa shape index (κ3) is 5.90. The predicted molar refractivity (Wildman–Crippen MR) is 60.9 cm³/mol. The lowest BCUT2D eigenvalue weighted by Crippen LogP contribution is -2.28. The molecule has 0 aromatic heterocycles. The van der Waals surface area contributed by atoms with Gasteiger partial charge in [-0.15, -0.1) is 0 Å². The first-order valence-corrected chi connectivity index (χ1v) is 6.02. The Morgan fingerprint density at radius 2 is 2.07 bits per heavy atom. The number of ketones is 1. The number of Topliss-reactive ketones (excluding diaryl/α,β-unsaturated/α-hetero) is 1. The zero-order valence-electron chi connectivity index (χ0n) is 9.92. The summed E-state index contributed by atoms with van der Waals surface area (Å²) in [6.07, 6.45) is 4.34. The molecule has 1 aliphatic rings. The van der Waals surface area contributed by atoms with Crippen LogP contribution in [0.5, 0.6) is 0 Å². The van der Waals surface area contributed by atoms with E-state index in [1.165, 1.54) is 12.8 Å². The third-order valence-corrected chi connectivity index (χ3v) is 2.87. The molecule has 0 radical (unpaired) electrons. The SMILES string of the molecule is CC(C)OCC(=O)CCC1CCNCC1. The highest BCUT2D eigenvalue weighted by atomic mass is 16.5. The predicted octanol–water partition coefficient (Wildman–Crippen LogP) is 1.76. The number of hydrogen-bond acceptors (Lipinski definition) is 3. The van der Waals surface area contributed by atoms with Gasteiger partial charge in [-0.05, 0) is 52.1 Å². The number of hydrogen-bond donors (Lipinski definition) is 1. The van der Waals surface area contributed by atoms with Crippen molar-refractivity contribution in [2.75, 3.05) is 19.7 Å². The van der Waals surface area contributed by atoms with Gasteiger partial charge in [-0.25, -0.2) is 0 Å². The smallest absolute Gasteiger partial charge is 0.158 e. The van der Waals surface area contributed by atoms with Crippen molar-refractivity contribution in [1.29, 1.82) is 0 Å². The van der Waals surface area contributed by atoms with Crippen molar-refractivity contribution in [2.24, 2.45) is 5.92 Å². The van der Waals surface area contributed by atoms with Crippen LogP contribution in [0, 0.1) is 5.92 Å². The number of ether oxygens (including phenoxy) is 1. The van der Waals surface area contributed by atoms with Gasteiger partial charge in [0.2, 0.25) is 0 Å². The van der Waals surface area contributed by atoms with E-state index < -0.39 is 0 Å². The molecule has 88 valence electrons. The Morgan fingerprint density at radius 1 is 1.40 bits per heavy atom. The molecule has 0 aromatic carbocycles. The molecule has 1 aliphatic heterocycles. The minimum absolute atomic E-state index is 0.160. The second-order valence-electron chi connectivity index (χ2n) is 4.63. The van der Waals surface area contributed by atoms with E-state index in [4.69, 9.17) is 4.74 Å². The van der Waals surface area contributed by atoms with Gasteiger partial charge in [0, 0.05) is 6.42 Å². The molecular formula is C12H23NO2. The molecule has 0 amide bonds. The molecule has 3 heteroatoms. The van der Waals surface area contributed by atoms with Gasteiger partial charge in [-0.3, -0.25) is 4.79 Å². The van der Waals surface area contributed by atoms with Crippen molar-refractivity contribution < 1.29 is 9.53 Å². The highest BCUT2D eigenvalue weighted by molar-refractivity contribution is 5.79. The molecule has 1 N–H and O–H groups in total. The van der Waals surface area contributed by atoms with Crippen LogP contribution in [0.1, 0.15) is 39.5 Å². The summed E-state index contributed by atoms with van der Waals surface area (Å²) in [5.41, 5.74) is 0. The van der Waals surface area contributed by atoms with Crippen LogP contribution in [0.25, 0.3) is 0 Å². The molecule has 0 atom stereocenters. The third-order valence-electron chi connectivity index (χ3n) is 2.87. The Kier molecular flexibility index (Phi) is 5.88. The van der Waals surface area contributed by atoms with Gasteiger partial charge >= 0.3 is 0 Å². The second-order valence-corrected chi connectivity index (χ2v) is 4.63. The Bertz CT molecular complexity index is 186. The minimum atomic E-state index is 0.160. The van der Waals surface area contributed by atoms with E-state index in [2.05, 4.69) is 5.32 Å². The van der Waals surface area contributed by atoms with Crippen molar-refractivity contribution in [2.45, 2.75) is 45.6 Å². The molecule has 1 saturated heterocycles. The van der Waals surface area contributed by atoms with Crippen LogP contribution in [-0.4, -0.2) is 31.6 Å². The maximum Gasteiger partial charge on any atom is 0.158 e. The summed E-state index contributed by atoms with van der Waals surface area (Å²) in [6, 6.07) is 0. The number of carbonyl (C=O) groups excluding carboxylic acids is 1. The van der Waals surface area contributed by atoms with E-state index in [9.17, 15) is 4.79 Å². The molecule has 3 nitrogen and oxygen atoms in total. The van der Waals surface area contributed by atoms with Crippen molar-refractivity contribution in [1.82, 2.24) is 5.32 Å². The first kappa shape index (κ1) is 12.7. The van der Waals surface area contributed by atoms with Crippen molar-refractivity contribution in [3.8, 4) is 0 Å². The van der Waals surface area contributed by atoms with Gasteiger partial charge < -0.3 is 10.1 Å². The summed E-state index contributed by atoms with van der Waals surface area (Å²) in [5, 5.41) is 3.33. The van der Waals surface area contributed by atoms with Gasteiger partial charge in [-0.1, -0.05) is 0 Å². The first-order chi connectivity index (χ1) is 7.18. The van der Waals surface area contributed by atoms with Crippen LogP contribution in [0.3, 0.4) is 0 Å². The summed E-state index contributed by atoms with van der Waals surface area (Å²) in [7, 11) is 0. The van der Waals surface area contributed by atoms with Crippen molar-refractivity contribution in [3.05, 3.63) is 0 Å². The number of piperidine rings is 1. The van der Waals surface area contributed by atoms with Crippen LogP contribution in [0.4, 0.5) is 0 Å². The summed E-state index contributed by atoms with van der Waals surface area (Å²) >= 11 is 0. The van der Waals surface area contributed by atoms with Crippen LogP contribution < -0.4 is 5.32 Å². The quantitative estimate of drug-likeness (QED) is 0.730. The average Bonchev–Trinajstić information content (AvgIpc) is 2.25. The molecule has 0 saturated carbocycles. The highest BCUT2D eigenvalue weighted by Gasteiger charge is 2.14. The average molecular weight is 213 g/mol. The Hall–Kier alpha value is -0.410. The Morgan fingerprint density at radius 3 is 2.67 bits per heavy atom.